The number of rotatable bonds is 6. The van der Waals surface area contributed by atoms with E-state index >= 15 is 0 Å². The number of hydrogen-bond acceptors (Lipinski definition) is 4. The highest BCUT2D eigenvalue weighted by molar-refractivity contribution is 5.78. The standard InChI is InChI=1S/C22H19N5O2/c28-21(12-16-5-2-1-3-6-16)25-13-17-8-10-24-20(11-17)27-22(29)19(15-26-27)18-7-4-9-23-14-18/h1-11,14-15,26H,12-13H2,(H,25,28). The van der Waals surface area contributed by atoms with Crippen LogP contribution in [0.15, 0.2) is 84.2 Å². The van der Waals surface area contributed by atoms with Crippen LogP contribution >= 0.6 is 0 Å². The molecule has 3 heterocycles. The molecule has 4 aromatic rings. The van der Waals surface area contributed by atoms with Gasteiger partial charge >= 0.3 is 0 Å². The number of carbonyl (C=O) groups is 1. The van der Waals surface area contributed by atoms with Crippen LogP contribution in [0.2, 0.25) is 0 Å². The van der Waals surface area contributed by atoms with Crippen LogP contribution in [-0.2, 0) is 17.8 Å². The predicted molar refractivity (Wildman–Crippen MR) is 109 cm³/mol. The first-order chi connectivity index (χ1) is 14.2. The Kier molecular flexibility index (Phi) is 5.29. The van der Waals surface area contributed by atoms with E-state index in [4.69, 9.17) is 0 Å². The summed E-state index contributed by atoms with van der Waals surface area (Å²) < 4.78 is 1.37. The average molecular weight is 385 g/mol. The maximum Gasteiger partial charge on any atom is 0.280 e. The second kappa shape index (κ2) is 8.35. The maximum absolute atomic E-state index is 12.7. The van der Waals surface area contributed by atoms with Gasteiger partial charge in [-0.2, -0.15) is 0 Å². The van der Waals surface area contributed by atoms with Crippen molar-refractivity contribution in [3.8, 4) is 16.9 Å². The van der Waals surface area contributed by atoms with Gasteiger partial charge in [0, 0.05) is 36.9 Å². The van der Waals surface area contributed by atoms with Gasteiger partial charge < -0.3 is 5.32 Å². The zero-order valence-corrected chi connectivity index (χ0v) is 15.6. The van der Waals surface area contributed by atoms with E-state index in [1.807, 2.05) is 42.5 Å². The molecular weight excluding hydrogens is 366 g/mol. The highest BCUT2D eigenvalue weighted by Crippen LogP contribution is 2.14. The largest absolute Gasteiger partial charge is 0.352 e. The molecule has 0 bridgehead atoms. The van der Waals surface area contributed by atoms with Crippen LogP contribution < -0.4 is 10.9 Å². The van der Waals surface area contributed by atoms with Gasteiger partial charge in [-0.25, -0.2) is 9.67 Å². The number of amides is 1. The summed E-state index contributed by atoms with van der Waals surface area (Å²) in [5.41, 5.74) is 2.84. The lowest BCUT2D eigenvalue weighted by Gasteiger charge is -2.07. The summed E-state index contributed by atoms with van der Waals surface area (Å²) in [6, 6.07) is 16.8. The van der Waals surface area contributed by atoms with Gasteiger partial charge in [0.1, 0.15) is 0 Å². The smallest absolute Gasteiger partial charge is 0.280 e. The van der Waals surface area contributed by atoms with Crippen LogP contribution in [0.5, 0.6) is 0 Å². The Morgan fingerprint density at radius 3 is 2.69 bits per heavy atom. The second-order valence-electron chi connectivity index (χ2n) is 6.53. The first-order valence-electron chi connectivity index (χ1n) is 9.17. The van der Waals surface area contributed by atoms with Crippen molar-refractivity contribution < 1.29 is 4.79 Å². The number of pyridine rings is 2. The number of H-pyrrole nitrogens is 1. The van der Waals surface area contributed by atoms with Crippen molar-refractivity contribution in [1.29, 1.82) is 0 Å². The maximum atomic E-state index is 12.7. The van der Waals surface area contributed by atoms with Crippen molar-refractivity contribution in [2.45, 2.75) is 13.0 Å². The molecule has 0 aliphatic heterocycles. The molecule has 0 saturated carbocycles. The highest BCUT2D eigenvalue weighted by Gasteiger charge is 2.11. The Morgan fingerprint density at radius 2 is 1.90 bits per heavy atom. The van der Waals surface area contributed by atoms with Crippen molar-refractivity contribution in [2.75, 3.05) is 0 Å². The molecule has 1 amide bonds. The van der Waals surface area contributed by atoms with E-state index in [0.717, 1.165) is 16.7 Å². The number of benzene rings is 1. The number of hydrogen-bond donors (Lipinski definition) is 2. The van der Waals surface area contributed by atoms with Crippen molar-refractivity contribution in [2.24, 2.45) is 0 Å². The zero-order valence-electron chi connectivity index (χ0n) is 15.6. The minimum Gasteiger partial charge on any atom is -0.352 e. The fourth-order valence-corrected chi connectivity index (χ4v) is 3.01. The molecule has 7 nitrogen and oxygen atoms in total. The van der Waals surface area contributed by atoms with Gasteiger partial charge in [0.05, 0.1) is 12.0 Å². The molecule has 4 rings (SSSR count). The molecule has 0 radical (unpaired) electrons. The number of nitrogens with zero attached hydrogens (tertiary/aromatic N) is 3. The molecule has 0 saturated heterocycles. The van der Waals surface area contributed by atoms with E-state index in [-0.39, 0.29) is 11.5 Å². The van der Waals surface area contributed by atoms with E-state index in [2.05, 4.69) is 20.4 Å². The van der Waals surface area contributed by atoms with Crippen LogP contribution in [0.1, 0.15) is 11.1 Å². The first-order valence-corrected chi connectivity index (χ1v) is 9.17. The predicted octanol–water partition coefficient (Wildman–Crippen LogP) is 2.48. The van der Waals surface area contributed by atoms with E-state index < -0.39 is 0 Å². The summed E-state index contributed by atoms with van der Waals surface area (Å²) in [5, 5.41) is 5.84. The molecule has 144 valence electrons. The van der Waals surface area contributed by atoms with Gasteiger partial charge in [0.25, 0.3) is 5.56 Å². The van der Waals surface area contributed by atoms with E-state index in [1.54, 1.807) is 36.9 Å². The second-order valence-corrected chi connectivity index (χ2v) is 6.53. The summed E-state index contributed by atoms with van der Waals surface area (Å²) in [5.74, 6) is 0.394. The molecule has 29 heavy (non-hydrogen) atoms. The molecule has 0 spiro atoms. The molecule has 0 fully saturated rings. The average Bonchev–Trinajstić information content (AvgIpc) is 3.15. The SMILES string of the molecule is O=C(Cc1ccccc1)NCc1ccnc(-n2[nH]cc(-c3cccnc3)c2=O)c1. The van der Waals surface area contributed by atoms with E-state index in [9.17, 15) is 9.59 Å². The van der Waals surface area contributed by atoms with Crippen LogP contribution in [-0.4, -0.2) is 25.7 Å². The minimum atomic E-state index is -0.212. The van der Waals surface area contributed by atoms with Gasteiger partial charge in [-0.1, -0.05) is 36.4 Å². The van der Waals surface area contributed by atoms with Crippen LogP contribution in [0.4, 0.5) is 0 Å². The van der Waals surface area contributed by atoms with E-state index in [1.165, 1.54) is 4.68 Å². The first kappa shape index (κ1) is 18.4. The van der Waals surface area contributed by atoms with Crippen molar-refractivity contribution in [3.05, 3.63) is 101 Å². The lowest BCUT2D eigenvalue weighted by Crippen LogP contribution is -2.25. The summed E-state index contributed by atoms with van der Waals surface area (Å²) in [6.07, 6.45) is 6.87. The number of nitrogens with one attached hydrogen (secondary N) is 2. The summed E-state index contributed by atoms with van der Waals surface area (Å²) >= 11 is 0. The number of aromatic amines is 1. The summed E-state index contributed by atoms with van der Waals surface area (Å²) in [4.78, 5) is 33.2. The molecule has 2 N–H and O–H groups in total. The third-order valence-electron chi connectivity index (χ3n) is 4.48. The van der Waals surface area contributed by atoms with E-state index in [0.29, 0.717) is 24.3 Å². The number of carbonyl (C=O) groups excluding carboxylic acids is 1. The fraction of sp³-hybridized carbons (Fsp3) is 0.0909. The van der Waals surface area contributed by atoms with Crippen molar-refractivity contribution in [1.82, 2.24) is 25.1 Å². The Labute approximate surface area is 167 Å². The molecule has 1 aromatic carbocycles. The fourth-order valence-electron chi connectivity index (χ4n) is 3.01. The molecule has 0 aliphatic carbocycles. The highest BCUT2D eigenvalue weighted by atomic mass is 16.1. The Hall–Kier alpha value is -4.00. The lowest BCUT2D eigenvalue weighted by atomic mass is 10.1. The molecule has 0 atom stereocenters. The van der Waals surface area contributed by atoms with Crippen LogP contribution in [0.3, 0.4) is 0 Å². The van der Waals surface area contributed by atoms with Crippen molar-refractivity contribution >= 4 is 5.91 Å². The summed E-state index contributed by atoms with van der Waals surface area (Å²) in [6.45, 7) is 0.353. The van der Waals surface area contributed by atoms with Crippen molar-refractivity contribution in [3.63, 3.8) is 0 Å². The van der Waals surface area contributed by atoms with Gasteiger partial charge in [-0.15, -0.1) is 0 Å². The molecule has 7 heteroatoms. The minimum absolute atomic E-state index is 0.0644. The Bertz CT molecular complexity index is 1170. The lowest BCUT2D eigenvalue weighted by molar-refractivity contribution is -0.120. The molecular formula is C22H19N5O2. The third kappa shape index (κ3) is 4.30. The molecule has 3 aromatic heterocycles. The Balaban J connectivity index is 1.47. The van der Waals surface area contributed by atoms with Gasteiger partial charge in [0.15, 0.2) is 5.82 Å². The van der Waals surface area contributed by atoms with Gasteiger partial charge in [0.2, 0.25) is 5.91 Å². The van der Waals surface area contributed by atoms with Gasteiger partial charge in [-0.05, 0) is 29.3 Å². The number of aromatic nitrogens is 4. The van der Waals surface area contributed by atoms with Gasteiger partial charge in [-0.3, -0.25) is 19.7 Å². The third-order valence-corrected chi connectivity index (χ3v) is 4.48. The van der Waals surface area contributed by atoms with Crippen LogP contribution in [0.25, 0.3) is 16.9 Å². The summed E-state index contributed by atoms with van der Waals surface area (Å²) in [7, 11) is 0. The van der Waals surface area contributed by atoms with Crippen LogP contribution in [0, 0.1) is 0 Å². The normalized spacial score (nSPS) is 10.6. The monoisotopic (exact) mass is 385 g/mol. The topological polar surface area (TPSA) is 92.7 Å². The molecule has 0 unspecified atom stereocenters. The Morgan fingerprint density at radius 1 is 1.03 bits per heavy atom. The molecule has 0 aliphatic rings. The quantitative estimate of drug-likeness (QED) is 0.533. The zero-order chi connectivity index (χ0) is 20.1.